The first kappa shape index (κ1) is 14.8. The van der Waals surface area contributed by atoms with Crippen LogP contribution in [0.2, 0.25) is 0 Å². The maximum absolute atomic E-state index is 12.7. The van der Waals surface area contributed by atoms with Gasteiger partial charge in [0.2, 0.25) is 0 Å². The lowest BCUT2D eigenvalue weighted by Gasteiger charge is -2.24. The van der Waals surface area contributed by atoms with E-state index in [1.54, 1.807) is 0 Å². The van der Waals surface area contributed by atoms with Crippen LogP contribution in [0.3, 0.4) is 0 Å². The Labute approximate surface area is 102 Å². The van der Waals surface area contributed by atoms with Crippen molar-refractivity contribution >= 4 is 0 Å². The highest BCUT2D eigenvalue weighted by Gasteiger charge is 2.46. The van der Waals surface area contributed by atoms with Crippen LogP contribution in [0.1, 0.15) is 32.6 Å². The molecule has 0 spiro atoms. The molecular formula is C12H23F3N2. The molecule has 1 aliphatic heterocycles. The molecule has 0 amide bonds. The van der Waals surface area contributed by atoms with Gasteiger partial charge in [0.1, 0.15) is 0 Å². The number of nitrogens with one attached hydrogen (secondary N) is 1. The molecule has 0 aromatic carbocycles. The number of alkyl halides is 3. The zero-order valence-corrected chi connectivity index (χ0v) is 10.7. The van der Waals surface area contributed by atoms with E-state index < -0.39 is 12.1 Å². The second-order valence-electron chi connectivity index (χ2n) is 4.94. The Morgan fingerprint density at radius 3 is 2.59 bits per heavy atom. The van der Waals surface area contributed by atoms with Crippen molar-refractivity contribution in [2.45, 2.75) is 44.8 Å². The van der Waals surface area contributed by atoms with Crippen LogP contribution in [-0.4, -0.2) is 43.8 Å². The zero-order chi connectivity index (χ0) is 12.9. The summed E-state index contributed by atoms with van der Waals surface area (Å²) >= 11 is 0. The third-order valence-corrected chi connectivity index (χ3v) is 3.48. The van der Waals surface area contributed by atoms with Crippen molar-refractivity contribution < 1.29 is 13.2 Å². The SMILES string of the molecule is CCCCN(C)CCC1NCCC1C(F)(F)F. The highest BCUT2D eigenvalue weighted by atomic mass is 19.4. The first-order chi connectivity index (χ1) is 7.95. The topological polar surface area (TPSA) is 15.3 Å². The zero-order valence-electron chi connectivity index (χ0n) is 10.7. The first-order valence-electron chi connectivity index (χ1n) is 6.43. The van der Waals surface area contributed by atoms with Crippen molar-refractivity contribution in [3.63, 3.8) is 0 Å². The predicted molar refractivity (Wildman–Crippen MR) is 63.0 cm³/mol. The van der Waals surface area contributed by atoms with Crippen molar-refractivity contribution in [3.8, 4) is 0 Å². The molecule has 2 nitrogen and oxygen atoms in total. The summed E-state index contributed by atoms with van der Waals surface area (Å²) in [6, 6.07) is -0.390. The molecule has 2 unspecified atom stereocenters. The average molecular weight is 252 g/mol. The Balaban J connectivity index is 2.30. The standard InChI is InChI=1S/C12H23F3N2/c1-3-4-8-17(2)9-6-11-10(5-7-16-11)12(13,14)15/h10-11,16H,3-9H2,1-2H3. The smallest absolute Gasteiger partial charge is 0.313 e. The summed E-state index contributed by atoms with van der Waals surface area (Å²) in [5.74, 6) is -1.15. The molecule has 102 valence electrons. The van der Waals surface area contributed by atoms with Gasteiger partial charge in [0.15, 0.2) is 0 Å². The van der Waals surface area contributed by atoms with Crippen LogP contribution in [0.5, 0.6) is 0 Å². The van der Waals surface area contributed by atoms with Gasteiger partial charge < -0.3 is 10.2 Å². The van der Waals surface area contributed by atoms with Crippen LogP contribution in [0.15, 0.2) is 0 Å². The summed E-state index contributed by atoms with van der Waals surface area (Å²) in [6.45, 7) is 4.32. The predicted octanol–water partition coefficient (Wildman–Crippen LogP) is 2.65. The van der Waals surface area contributed by atoms with Gasteiger partial charge in [-0.3, -0.25) is 0 Å². The van der Waals surface area contributed by atoms with Crippen molar-refractivity contribution in [1.82, 2.24) is 10.2 Å². The Morgan fingerprint density at radius 2 is 2.00 bits per heavy atom. The lowest BCUT2D eigenvalue weighted by Crippen LogP contribution is -2.38. The van der Waals surface area contributed by atoms with E-state index in [4.69, 9.17) is 0 Å². The Hall–Kier alpha value is -0.290. The fourth-order valence-corrected chi connectivity index (χ4v) is 2.36. The van der Waals surface area contributed by atoms with Crippen LogP contribution < -0.4 is 5.32 Å². The second-order valence-corrected chi connectivity index (χ2v) is 4.94. The summed E-state index contributed by atoms with van der Waals surface area (Å²) in [7, 11) is 1.98. The monoisotopic (exact) mass is 252 g/mol. The summed E-state index contributed by atoms with van der Waals surface area (Å²) < 4.78 is 38.1. The molecule has 17 heavy (non-hydrogen) atoms. The maximum Gasteiger partial charge on any atom is 0.393 e. The molecule has 5 heteroatoms. The Bertz CT molecular complexity index is 218. The van der Waals surface area contributed by atoms with Crippen molar-refractivity contribution in [2.75, 3.05) is 26.7 Å². The minimum Gasteiger partial charge on any atom is -0.313 e. The van der Waals surface area contributed by atoms with E-state index in [0.717, 1.165) is 25.9 Å². The third-order valence-electron chi connectivity index (χ3n) is 3.48. The molecule has 0 bridgehead atoms. The van der Waals surface area contributed by atoms with Gasteiger partial charge in [-0.1, -0.05) is 13.3 Å². The summed E-state index contributed by atoms with van der Waals surface area (Å²) in [5.41, 5.74) is 0. The van der Waals surface area contributed by atoms with Gasteiger partial charge in [0.05, 0.1) is 5.92 Å². The van der Waals surface area contributed by atoms with Crippen LogP contribution in [0, 0.1) is 5.92 Å². The molecule has 1 aliphatic rings. The van der Waals surface area contributed by atoms with Crippen LogP contribution in [0.25, 0.3) is 0 Å². The van der Waals surface area contributed by atoms with Gasteiger partial charge in [-0.25, -0.2) is 0 Å². The van der Waals surface area contributed by atoms with Crippen molar-refractivity contribution in [2.24, 2.45) is 5.92 Å². The summed E-state index contributed by atoms with van der Waals surface area (Å²) in [5, 5.41) is 2.98. The van der Waals surface area contributed by atoms with E-state index in [1.165, 1.54) is 0 Å². The van der Waals surface area contributed by atoms with Gasteiger partial charge in [-0.15, -0.1) is 0 Å². The fraction of sp³-hybridized carbons (Fsp3) is 1.00. The highest BCUT2D eigenvalue weighted by Crippen LogP contribution is 2.35. The lowest BCUT2D eigenvalue weighted by atomic mass is 9.97. The van der Waals surface area contributed by atoms with Crippen molar-refractivity contribution in [1.29, 1.82) is 0 Å². The lowest BCUT2D eigenvalue weighted by molar-refractivity contribution is -0.176. The maximum atomic E-state index is 12.7. The van der Waals surface area contributed by atoms with Gasteiger partial charge in [0.25, 0.3) is 0 Å². The van der Waals surface area contributed by atoms with E-state index in [0.29, 0.717) is 13.0 Å². The molecule has 0 aliphatic carbocycles. The quantitative estimate of drug-likeness (QED) is 0.782. The van der Waals surface area contributed by atoms with E-state index in [2.05, 4.69) is 17.1 Å². The second kappa shape index (κ2) is 6.59. The van der Waals surface area contributed by atoms with E-state index >= 15 is 0 Å². The number of hydrogen-bond donors (Lipinski definition) is 1. The molecule has 0 radical (unpaired) electrons. The summed E-state index contributed by atoms with van der Waals surface area (Å²) in [6.07, 6.45) is -0.998. The largest absolute Gasteiger partial charge is 0.393 e. The Kier molecular flexibility index (Phi) is 5.73. The molecule has 1 fully saturated rings. The molecule has 0 aromatic rings. The van der Waals surface area contributed by atoms with Crippen LogP contribution >= 0.6 is 0 Å². The number of halogens is 3. The van der Waals surface area contributed by atoms with E-state index in [-0.39, 0.29) is 12.5 Å². The highest BCUT2D eigenvalue weighted by molar-refractivity contribution is 4.88. The van der Waals surface area contributed by atoms with Crippen LogP contribution in [-0.2, 0) is 0 Å². The van der Waals surface area contributed by atoms with E-state index in [1.807, 2.05) is 7.05 Å². The third kappa shape index (κ3) is 4.84. The van der Waals surface area contributed by atoms with E-state index in [9.17, 15) is 13.2 Å². The normalized spacial score (nSPS) is 25.8. The number of rotatable bonds is 6. The van der Waals surface area contributed by atoms with Gasteiger partial charge in [0, 0.05) is 6.04 Å². The van der Waals surface area contributed by atoms with Gasteiger partial charge in [-0.05, 0) is 45.9 Å². The molecule has 0 aromatic heterocycles. The molecule has 0 saturated carbocycles. The Morgan fingerprint density at radius 1 is 1.29 bits per heavy atom. The van der Waals surface area contributed by atoms with Gasteiger partial charge >= 0.3 is 6.18 Å². The molecule has 1 rings (SSSR count). The number of unbranched alkanes of at least 4 members (excludes halogenated alkanes) is 1. The van der Waals surface area contributed by atoms with Gasteiger partial charge in [-0.2, -0.15) is 13.2 Å². The molecule has 1 N–H and O–H groups in total. The minimum absolute atomic E-state index is 0.229. The average Bonchev–Trinajstić information content (AvgIpc) is 2.71. The number of hydrogen-bond acceptors (Lipinski definition) is 2. The summed E-state index contributed by atoms with van der Waals surface area (Å²) in [4.78, 5) is 2.12. The van der Waals surface area contributed by atoms with Crippen molar-refractivity contribution in [3.05, 3.63) is 0 Å². The fourth-order valence-electron chi connectivity index (χ4n) is 2.36. The number of nitrogens with zero attached hydrogens (tertiary/aromatic N) is 1. The van der Waals surface area contributed by atoms with Crippen LogP contribution in [0.4, 0.5) is 13.2 Å². The molecule has 1 heterocycles. The first-order valence-corrected chi connectivity index (χ1v) is 6.43. The molecule has 1 saturated heterocycles. The molecule has 2 atom stereocenters. The minimum atomic E-state index is -4.05. The molecular weight excluding hydrogens is 229 g/mol.